The van der Waals surface area contributed by atoms with Crippen molar-refractivity contribution >= 4 is 0 Å². The molecule has 0 aliphatic heterocycles. The molecule has 3 nitrogen and oxygen atoms in total. The standard InChI is InChI=1S/C17H20N2O/c1-10-2-16(20)15(8-18)9-19(10)17-13-4-11-3-12(6-13)7-14(17)5-11/h2,9,11-14,17H,3-7H2,1H3. The van der Waals surface area contributed by atoms with Crippen molar-refractivity contribution in [3.8, 4) is 6.07 Å². The van der Waals surface area contributed by atoms with Crippen LogP contribution in [0.25, 0.3) is 0 Å². The van der Waals surface area contributed by atoms with Gasteiger partial charge in [-0.1, -0.05) is 0 Å². The fourth-order valence-corrected chi connectivity index (χ4v) is 5.40. The largest absolute Gasteiger partial charge is 0.347 e. The molecule has 1 heterocycles. The second-order valence-corrected chi connectivity index (χ2v) is 7.13. The number of nitriles is 1. The first kappa shape index (κ1) is 12.2. The SMILES string of the molecule is Cc1cc(=O)c(C#N)cn1C1C2CC3CC(C2)CC1C3. The van der Waals surface area contributed by atoms with Crippen molar-refractivity contribution in [2.45, 2.75) is 45.1 Å². The van der Waals surface area contributed by atoms with E-state index in [2.05, 4.69) is 10.6 Å². The molecule has 4 fully saturated rings. The molecule has 0 saturated heterocycles. The molecule has 0 spiro atoms. The van der Waals surface area contributed by atoms with E-state index in [1.165, 1.54) is 32.1 Å². The third kappa shape index (κ3) is 1.67. The summed E-state index contributed by atoms with van der Waals surface area (Å²) in [5.41, 5.74) is 1.18. The molecule has 0 atom stereocenters. The van der Waals surface area contributed by atoms with Crippen LogP contribution < -0.4 is 5.43 Å². The van der Waals surface area contributed by atoms with Crippen molar-refractivity contribution in [2.24, 2.45) is 23.7 Å². The maximum Gasteiger partial charge on any atom is 0.199 e. The van der Waals surface area contributed by atoms with E-state index < -0.39 is 0 Å². The molecule has 104 valence electrons. The van der Waals surface area contributed by atoms with Crippen LogP contribution in [-0.4, -0.2) is 4.57 Å². The highest BCUT2D eigenvalue weighted by Crippen LogP contribution is 2.58. The highest BCUT2D eigenvalue weighted by Gasteiger charge is 2.48. The number of hydrogen-bond acceptors (Lipinski definition) is 2. The quantitative estimate of drug-likeness (QED) is 0.786. The van der Waals surface area contributed by atoms with Crippen LogP contribution in [0.3, 0.4) is 0 Å². The second kappa shape index (κ2) is 4.22. The number of nitrogens with zero attached hydrogens (tertiary/aromatic N) is 2. The number of hydrogen-bond donors (Lipinski definition) is 0. The summed E-state index contributed by atoms with van der Waals surface area (Å²) in [5, 5.41) is 9.12. The summed E-state index contributed by atoms with van der Waals surface area (Å²) in [6.45, 7) is 2.01. The van der Waals surface area contributed by atoms with Gasteiger partial charge in [0.05, 0.1) is 0 Å². The maximum absolute atomic E-state index is 11.8. The Morgan fingerprint density at radius 1 is 1.15 bits per heavy atom. The Balaban J connectivity index is 1.78. The monoisotopic (exact) mass is 268 g/mol. The summed E-state index contributed by atoms with van der Waals surface area (Å²) in [7, 11) is 0. The summed E-state index contributed by atoms with van der Waals surface area (Å²) in [6.07, 6.45) is 8.68. The minimum atomic E-state index is -0.134. The normalized spacial score (nSPS) is 37.9. The molecule has 0 radical (unpaired) electrons. The van der Waals surface area contributed by atoms with Crippen molar-refractivity contribution in [1.82, 2.24) is 4.57 Å². The van der Waals surface area contributed by atoms with Crippen LogP contribution in [0.2, 0.25) is 0 Å². The van der Waals surface area contributed by atoms with Gasteiger partial charge in [-0.25, -0.2) is 0 Å². The van der Waals surface area contributed by atoms with Crippen LogP contribution in [0.4, 0.5) is 0 Å². The van der Waals surface area contributed by atoms with Crippen LogP contribution >= 0.6 is 0 Å². The molecule has 4 saturated carbocycles. The van der Waals surface area contributed by atoms with Crippen LogP contribution in [0.5, 0.6) is 0 Å². The predicted molar refractivity (Wildman–Crippen MR) is 76.2 cm³/mol. The lowest BCUT2D eigenvalue weighted by atomic mass is 9.54. The Kier molecular flexibility index (Phi) is 2.57. The minimum Gasteiger partial charge on any atom is -0.347 e. The van der Waals surface area contributed by atoms with Gasteiger partial charge in [0.2, 0.25) is 0 Å². The van der Waals surface area contributed by atoms with Gasteiger partial charge in [-0.15, -0.1) is 0 Å². The lowest BCUT2D eigenvalue weighted by Crippen LogP contribution is -2.46. The first-order chi connectivity index (χ1) is 9.65. The third-order valence-electron chi connectivity index (χ3n) is 5.90. The number of aromatic nitrogens is 1. The van der Waals surface area contributed by atoms with E-state index in [-0.39, 0.29) is 5.43 Å². The molecule has 4 aliphatic carbocycles. The van der Waals surface area contributed by atoms with E-state index in [1.54, 1.807) is 6.07 Å². The molecule has 5 rings (SSSR count). The summed E-state index contributed by atoms with van der Waals surface area (Å²) in [4.78, 5) is 11.8. The van der Waals surface area contributed by atoms with E-state index in [9.17, 15) is 4.79 Å². The van der Waals surface area contributed by atoms with E-state index in [0.29, 0.717) is 11.6 Å². The first-order valence-corrected chi connectivity index (χ1v) is 7.78. The van der Waals surface area contributed by atoms with Gasteiger partial charge in [-0.3, -0.25) is 4.79 Å². The van der Waals surface area contributed by atoms with Crippen LogP contribution in [0.15, 0.2) is 17.1 Å². The van der Waals surface area contributed by atoms with Gasteiger partial charge in [0, 0.05) is 24.0 Å². The lowest BCUT2D eigenvalue weighted by molar-refractivity contribution is -0.0300. The number of aryl methyl sites for hydroxylation is 1. The van der Waals surface area contributed by atoms with E-state index in [4.69, 9.17) is 5.26 Å². The van der Waals surface area contributed by atoms with Crippen LogP contribution in [0.1, 0.15) is 49.4 Å². The van der Waals surface area contributed by atoms with Gasteiger partial charge in [0.15, 0.2) is 5.43 Å². The molecular weight excluding hydrogens is 248 g/mol. The van der Waals surface area contributed by atoms with E-state index in [0.717, 1.165) is 29.4 Å². The van der Waals surface area contributed by atoms with Gasteiger partial charge in [-0.2, -0.15) is 5.26 Å². The Morgan fingerprint density at radius 2 is 1.75 bits per heavy atom. The number of pyridine rings is 1. The summed E-state index contributed by atoms with van der Waals surface area (Å²) >= 11 is 0. The molecule has 1 aromatic heterocycles. The molecule has 0 aromatic carbocycles. The Labute approximate surface area is 119 Å². The van der Waals surface area contributed by atoms with Gasteiger partial charge >= 0.3 is 0 Å². The average Bonchev–Trinajstić information content (AvgIpc) is 2.39. The Bertz CT molecular complexity index is 624. The van der Waals surface area contributed by atoms with Crippen molar-refractivity contribution in [3.63, 3.8) is 0 Å². The molecule has 0 unspecified atom stereocenters. The molecule has 4 bridgehead atoms. The van der Waals surface area contributed by atoms with Crippen LogP contribution in [0, 0.1) is 41.9 Å². The Hall–Kier alpha value is -1.56. The van der Waals surface area contributed by atoms with Crippen molar-refractivity contribution in [3.05, 3.63) is 33.7 Å². The topological polar surface area (TPSA) is 45.8 Å². The van der Waals surface area contributed by atoms with Crippen molar-refractivity contribution < 1.29 is 0 Å². The second-order valence-electron chi connectivity index (χ2n) is 7.13. The molecule has 1 aromatic rings. The van der Waals surface area contributed by atoms with E-state index >= 15 is 0 Å². The molecule has 3 heteroatoms. The fraction of sp³-hybridized carbons (Fsp3) is 0.647. The maximum atomic E-state index is 11.8. The molecule has 0 amide bonds. The van der Waals surface area contributed by atoms with Gasteiger partial charge in [-0.05, 0) is 62.7 Å². The van der Waals surface area contributed by atoms with Gasteiger partial charge in [0.25, 0.3) is 0 Å². The van der Waals surface area contributed by atoms with Crippen molar-refractivity contribution in [1.29, 1.82) is 5.26 Å². The van der Waals surface area contributed by atoms with Crippen molar-refractivity contribution in [2.75, 3.05) is 0 Å². The zero-order valence-corrected chi connectivity index (χ0v) is 11.9. The first-order valence-electron chi connectivity index (χ1n) is 7.78. The smallest absolute Gasteiger partial charge is 0.199 e. The summed E-state index contributed by atoms with van der Waals surface area (Å²) in [6, 6.07) is 4.22. The minimum absolute atomic E-state index is 0.134. The van der Waals surface area contributed by atoms with Gasteiger partial charge in [0.1, 0.15) is 11.6 Å². The zero-order chi connectivity index (χ0) is 13.9. The number of rotatable bonds is 1. The zero-order valence-electron chi connectivity index (χ0n) is 11.9. The predicted octanol–water partition coefficient (Wildman–Crippen LogP) is 3.03. The highest BCUT2D eigenvalue weighted by atomic mass is 16.1. The summed E-state index contributed by atoms with van der Waals surface area (Å²) < 4.78 is 2.26. The highest BCUT2D eigenvalue weighted by molar-refractivity contribution is 5.28. The van der Waals surface area contributed by atoms with Gasteiger partial charge < -0.3 is 4.57 Å². The third-order valence-corrected chi connectivity index (χ3v) is 5.90. The lowest BCUT2D eigenvalue weighted by Gasteiger charge is -2.55. The average molecular weight is 268 g/mol. The molecule has 20 heavy (non-hydrogen) atoms. The fourth-order valence-electron chi connectivity index (χ4n) is 5.40. The summed E-state index contributed by atoms with van der Waals surface area (Å²) in [5.74, 6) is 3.42. The molecule has 0 N–H and O–H groups in total. The molecular formula is C17H20N2O. The van der Waals surface area contributed by atoms with Crippen LogP contribution in [-0.2, 0) is 0 Å². The Morgan fingerprint density at radius 3 is 2.30 bits per heavy atom. The van der Waals surface area contributed by atoms with E-state index in [1.807, 2.05) is 13.1 Å². The molecule has 4 aliphatic rings.